The third-order valence-corrected chi connectivity index (χ3v) is 30.1. The fourth-order valence-corrected chi connectivity index (χ4v) is 14.8. The summed E-state index contributed by atoms with van der Waals surface area (Å²) in [7, 11) is 1.04. The molecule has 0 fully saturated rings. The fourth-order valence-electron chi connectivity index (χ4n) is 12.7. The largest absolute Gasteiger partial charge is 0.493 e. The second-order valence-electron chi connectivity index (χ2n) is 31.5. The van der Waals surface area contributed by atoms with Crippen LogP contribution in [-0.2, 0) is 8.85 Å². The number of nitrogens with zero attached hydrogens (tertiary/aromatic N) is 4. The third kappa shape index (κ3) is 20.7. The van der Waals surface area contributed by atoms with E-state index in [-0.39, 0.29) is 57.9 Å². The molecule has 0 radical (unpaired) electrons. The van der Waals surface area contributed by atoms with E-state index < -0.39 is 16.6 Å². The number of carbonyl (C=O) groups excluding carboxylic acids is 4. The zero-order chi connectivity index (χ0) is 76.1. The Morgan fingerprint density at radius 2 is 0.718 bits per heavy atom. The standard InChI is InChI=1S/C41H62N4O6Si.C40H60N4O6Si/c1-12-30-18-27(2)24-44(30)40(47)33-21-37(48-9)38(23-35(33)43-8)50-17-15-13-14-16-49-36-22-34(42)32(20-29(36)4)39(46)45-25-28(3)19-31(45)26-51-52(10,11)41(5,6)7;1-11-29-17-26(2)23-43(29)39(46)32-20-36(47-8)37(22-34(32)42)49-16-14-12-13-15-48-35-21-33(41)31(19-28(35)4)38(45)44-24-27(3)18-30(44)25-50-51(9,10)40(5,6)7/h20-25,30-31,43H,12-19,26,42H2,1-11H3;19-24,29-30H,11-18,25,41-42H2,1-10H3/t30-,31+;29-,30+/m11/s1. The van der Waals surface area contributed by atoms with Crippen molar-refractivity contribution in [1.29, 1.82) is 0 Å². The number of anilines is 4. The van der Waals surface area contributed by atoms with E-state index in [4.69, 9.17) is 54.5 Å². The number of amides is 4. The molecule has 8 rings (SSSR count). The molecule has 0 saturated carbocycles. The van der Waals surface area contributed by atoms with E-state index in [1.54, 1.807) is 66.3 Å². The highest BCUT2D eigenvalue weighted by molar-refractivity contribution is 6.74. The Hall–Kier alpha value is -7.93. The summed E-state index contributed by atoms with van der Waals surface area (Å²) < 4.78 is 48.5. The average Bonchev–Trinajstić information content (AvgIpc) is 1.76. The highest BCUT2D eigenvalue weighted by Gasteiger charge is 2.42. The molecule has 4 heterocycles. The van der Waals surface area contributed by atoms with E-state index in [1.807, 2.05) is 75.6 Å². The van der Waals surface area contributed by atoms with Crippen LogP contribution in [-0.4, -0.2) is 145 Å². The molecule has 0 aromatic heterocycles. The van der Waals surface area contributed by atoms with Gasteiger partial charge in [0.2, 0.25) is 0 Å². The summed E-state index contributed by atoms with van der Waals surface area (Å²) in [6.07, 6.45) is 17.9. The highest BCUT2D eigenvalue weighted by atomic mass is 28.4. The molecule has 4 aliphatic heterocycles. The Labute approximate surface area is 617 Å². The predicted molar refractivity (Wildman–Crippen MR) is 421 cm³/mol. The molecule has 0 bridgehead atoms. The van der Waals surface area contributed by atoms with Gasteiger partial charge >= 0.3 is 0 Å². The number of nitrogens with one attached hydrogen (secondary N) is 1. The number of aryl methyl sites for hydroxylation is 2. The van der Waals surface area contributed by atoms with Gasteiger partial charge in [0.15, 0.2) is 39.6 Å². The zero-order valence-corrected chi connectivity index (χ0v) is 67.9. The first-order valence-corrected chi connectivity index (χ1v) is 42.8. The summed E-state index contributed by atoms with van der Waals surface area (Å²) in [5.74, 6) is 3.05. The number of nitrogens with two attached hydrogens (primary N) is 3. The Bertz CT molecular complexity index is 3790. The number of carbonyl (C=O) groups is 4. The summed E-state index contributed by atoms with van der Waals surface area (Å²) in [6, 6.07) is 14.4. The quantitative estimate of drug-likeness (QED) is 0.0208. The second kappa shape index (κ2) is 35.7. The van der Waals surface area contributed by atoms with E-state index in [2.05, 4.69) is 101 Å². The predicted octanol–water partition coefficient (Wildman–Crippen LogP) is 17.4. The van der Waals surface area contributed by atoms with Gasteiger partial charge < -0.3 is 79.4 Å². The van der Waals surface area contributed by atoms with Crippen LogP contribution in [0.3, 0.4) is 0 Å². The number of benzene rings is 4. The van der Waals surface area contributed by atoms with Crippen LogP contribution >= 0.6 is 0 Å². The van der Waals surface area contributed by atoms with Gasteiger partial charge in [-0.25, -0.2) is 0 Å². The average molecular weight is 1460 g/mol. The molecule has 0 unspecified atom stereocenters. The van der Waals surface area contributed by atoms with Crippen molar-refractivity contribution < 1.29 is 56.5 Å². The van der Waals surface area contributed by atoms with Gasteiger partial charge in [-0.3, -0.25) is 19.2 Å². The SMILES string of the molecule is CC[C@@H]1CC(C)=CN1C(=O)c1cc(OC)c(OCCCCCOc2cc(N)c(C(=O)N3C=C(C)C[C@H]3CO[Si](C)(C)C(C)(C)C)cc2C)cc1N.CC[C@@H]1CC(C)=CN1C(=O)c1cc(OC)c(OCCCCCOc2cc(N)c(C(=O)N3C=C(C)C[C@H]3CO[Si](C)(C)C(C)(C)C)cc2C)cc1NC. The molecule has 4 atom stereocenters. The van der Waals surface area contributed by atoms with Crippen molar-refractivity contribution in [3.8, 4) is 34.5 Å². The van der Waals surface area contributed by atoms with E-state index in [1.165, 1.54) is 11.1 Å². The minimum absolute atomic E-state index is 0.0493. The lowest BCUT2D eigenvalue weighted by Crippen LogP contribution is -2.45. The minimum Gasteiger partial charge on any atom is -0.493 e. The molecular formula is C81H122N8O12Si2. The van der Waals surface area contributed by atoms with Crippen molar-refractivity contribution in [3.63, 3.8) is 0 Å². The topological polar surface area (TPSA) is 245 Å². The maximum Gasteiger partial charge on any atom is 0.260 e. The molecule has 4 aliphatic rings. The van der Waals surface area contributed by atoms with E-state index in [9.17, 15) is 19.2 Å². The van der Waals surface area contributed by atoms with Crippen LogP contribution in [0.15, 0.2) is 95.6 Å². The van der Waals surface area contributed by atoms with Gasteiger partial charge in [0.25, 0.3) is 23.6 Å². The van der Waals surface area contributed by atoms with Gasteiger partial charge in [0.1, 0.15) is 11.5 Å². The van der Waals surface area contributed by atoms with Crippen LogP contribution in [0, 0.1) is 13.8 Å². The fraction of sp³-hybridized carbons (Fsp3) is 0.556. The Kier molecular flexibility index (Phi) is 28.6. The number of unbranched alkanes of at least 4 members (excludes halogenated alkanes) is 4. The number of hydrogen-bond donors (Lipinski definition) is 4. The first-order valence-electron chi connectivity index (χ1n) is 36.9. The monoisotopic (exact) mass is 1450 g/mol. The van der Waals surface area contributed by atoms with Crippen molar-refractivity contribution in [2.24, 2.45) is 0 Å². The van der Waals surface area contributed by atoms with Crippen molar-refractivity contribution in [2.75, 3.05) is 83.4 Å². The Morgan fingerprint density at radius 1 is 0.427 bits per heavy atom. The summed E-state index contributed by atoms with van der Waals surface area (Å²) >= 11 is 0. The molecular weight excluding hydrogens is 1330 g/mol. The summed E-state index contributed by atoms with van der Waals surface area (Å²) in [5.41, 5.74) is 29.4. The minimum atomic E-state index is -1.96. The maximum atomic E-state index is 13.8. The van der Waals surface area contributed by atoms with E-state index >= 15 is 0 Å². The molecule has 4 amide bonds. The number of hydrogen-bond acceptors (Lipinski definition) is 16. The second-order valence-corrected chi connectivity index (χ2v) is 41.1. The lowest BCUT2D eigenvalue weighted by atomic mass is 10.1. The van der Waals surface area contributed by atoms with E-state index in [0.29, 0.717) is 119 Å². The van der Waals surface area contributed by atoms with Gasteiger partial charge in [-0.05, 0) is 190 Å². The highest BCUT2D eigenvalue weighted by Crippen LogP contribution is 2.42. The van der Waals surface area contributed by atoms with Crippen LogP contribution in [0.5, 0.6) is 34.5 Å². The lowest BCUT2D eigenvalue weighted by Gasteiger charge is -2.38. The lowest BCUT2D eigenvalue weighted by molar-refractivity contribution is 0.0732. The molecule has 0 saturated heterocycles. The number of methoxy groups -OCH3 is 2. The van der Waals surface area contributed by atoms with Crippen LogP contribution in [0.4, 0.5) is 22.7 Å². The van der Waals surface area contributed by atoms with E-state index in [0.717, 1.165) is 99.3 Å². The molecule has 0 spiro atoms. The zero-order valence-electron chi connectivity index (χ0n) is 65.9. The maximum absolute atomic E-state index is 13.8. The number of rotatable bonds is 31. The summed E-state index contributed by atoms with van der Waals surface area (Å²) in [5, 5.41) is 3.35. The Morgan fingerprint density at radius 3 is 1.05 bits per heavy atom. The summed E-state index contributed by atoms with van der Waals surface area (Å²) in [6.45, 7) is 41.5. The molecule has 0 aliphatic carbocycles. The van der Waals surface area contributed by atoms with Gasteiger partial charge in [-0.15, -0.1) is 0 Å². The number of nitrogen functional groups attached to an aromatic ring is 3. The normalized spacial score (nSPS) is 17.7. The van der Waals surface area contributed by atoms with Gasteiger partial charge in [-0.2, -0.15) is 0 Å². The third-order valence-electron chi connectivity index (χ3n) is 21.1. The number of ether oxygens (including phenoxy) is 6. The molecule has 7 N–H and O–H groups in total. The molecule has 20 nitrogen and oxygen atoms in total. The molecule has 22 heteroatoms. The van der Waals surface area contributed by atoms with Gasteiger partial charge in [-0.1, -0.05) is 77.7 Å². The van der Waals surface area contributed by atoms with Crippen LogP contribution < -0.4 is 50.9 Å². The first kappa shape index (κ1) is 82.4. The molecule has 4 aromatic rings. The van der Waals surface area contributed by atoms with Crippen LogP contribution in [0.25, 0.3) is 0 Å². The van der Waals surface area contributed by atoms with Crippen LogP contribution in [0.2, 0.25) is 36.3 Å². The van der Waals surface area contributed by atoms with Gasteiger partial charge in [0, 0.05) is 85.3 Å². The van der Waals surface area contributed by atoms with Crippen LogP contribution in [0.1, 0.15) is 213 Å². The molecule has 103 heavy (non-hydrogen) atoms. The molecule has 566 valence electrons. The van der Waals surface area contributed by atoms with Crippen molar-refractivity contribution >= 4 is 63.0 Å². The first-order chi connectivity index (χ1) is 48.5. The van der Waals surface area contributed by atoms with Crippen molar-refractivity contribution in [2.45, 2.75) is 234 Å². The van der Waals surface area contributed by atoms with Crippen molar-refractivity contribution in [3.05, 3.63) is 129 Å². The summed E-state index contributed by atoms with van der Waals surface area (Å²) in [4.78, 5) is 61.6. The Balaban J connectivity index is 0.000000288. The van der Waals surface area contributed by atoms with Crippen molar-refractivity contribution in [1.82, 2.24) is 19.6 Å². The smallest absolute Gasteiger partial charge is 0.260 e. The van der Waals surface area contributed by atoms with Gasteiger partial charge in [0.05, 0.1) is 93.9 Å². The molecule has 4 aromatic carbocycles.